The molecule has 2 atom stereocenters. The Morgan fingerprint density at radius 1 is 1.33 bits per heavy atom. The summed E-state index contributed by atoms with van der Waals surface area (Å²) in [4.78, 5) is 13.2. The second-order valence-corrected chi connectivity index (χ2v) is 5.24. The fourth-order valence-electron chi connectivity index (χ4n) is 2.68. The van der Waals surface area contributed by atoms with Crippen LogP contribution in [0.5, 0.6) is 0 Å². The summed E-state index contributed by atoms with van der Waals surface area (Å²) in [7, 11) is 1.51. The monoisotopic (exact) mass is 304 g/mol. The number of rotatable bonds is 1. The summed E-state index contributed by atoms with van der Waals surface area (Å²) in [6.45, 7) is 0. The van der Waals surface area contributed by atoms with Gasteiger partial charge in [0, 0.05) is 19.5 Å². The van der Waals surface area contributed by atoms with E-state index in [1.807, 2.05) is 0 Å². The van der Waals surface area contributed by atoms with Crippen molar-refractivity contribution < 1.29 is 22.4 Å². The molecule has 0 bridgehead atoms. The van der Waals surface area contributed by atoms with E-state index in [2.05, 4.69) is 0 Å². The number of nitrogens with zero attached hydrogens (tertiary/aromatic N) is 1. The van der Waals surface area contributed by atoms with Crippen LogP contribution in [0.3, 0.4) is 0 Å². The van der Waals surface area contributed by atoms with Gasteiger partial charge in [-0.2, -0.15) is 13.2 Å². The third kappa shape index (κ3) is 3.18. The molecule has 1 aliphatic heterocycles. The summed E-state index contributed by atoms with van der Waals surface area (Å²) in [5, 5.41) is 0. The van der Waals surface area contributed by atoms with Gasteiger partial charge in [0.15, 0.2) is 0 Å². The zero-order chi connectivity index (χ0) is 15.8. The lowest BCUT2D eigenvalue weighted by Crippen LogP contribution is -2.39. The Labute approximate surface area is 119 Å². The van der Waals surface area contributed by atoms with Crippen LogP contribution in [0.15, 0.2) is 18.2 Å². The smallest absolute Gasteiger partial charge is 0.337 e. The number of hydrogen-bond acceptors (Lipinski definition) is 2. The Morgan fingerprint density at radius 3 is 2.62 bits per heavy atom. The van der Waals surface area contributed by atoms with E-state index >= 15 is 0 Å². The van der Waals surface area contributed by atoms with Gasteiger partial charge in [-0.25, -0.2) is 4.39 Å². The second-order valence-electron chi connectivity index (χ2n) is 5.24. The maximum Gasteiger partial charge on any atom is 0.419 e. The molecule has 21 heavy (non-hydrogen) atoms. The van der Waals surface area contributed by atoms with E-state index < -0.39 is 29.6 Å². The van der Waals surface area contributed by atoms with Crippen molar-refractivity contribution in [2.75, 3.05) is 7.05 Å². The van der Waals surface area contributed by atoms with Gasteiger partial charge in [-0.1, -0.05) is 6.07 Å². The first-order valence-electron chi connectivity index (χ1n) is 6.59. The van der Waals surface area contributed by atoms with E-state index in [0.717, 1.165) is 12.1 Å². The molecule has 1 heterocycles. The Kier molecular flexibility index (Phi) is 4.22. The van der Waals surface area contributed by atoms with Crippen LogP contribution >= 0.6 is 0 Å². The number of amides is 1. The number of hydrogen-bond donors (Lipinski definition) is 1. The number of likely N-dealkylation sites (tertiary alicyclic amines) is 1. The van der Waals surface area contributed by atoms with Crippen LogP contribution in [0.25, 0.3) is 0 Å². The quantitative estimate of drug-likeness (QED) is 0.811. The molecule has 0 aliphatic carbocycles. The van der Waals surface area contributed by atoms with Gasteiger partial charge in [-0.05, 0) is 30.5 Å². The third-order valence-corrected chi connectivity index (χ3v) is 3.78. The lowest BCUT2D eigenvalue weighted by Gasteiger charge is -2.31. The van der Waals surface area contributed by atoms with Crippen LogP contribution in [-0.4, -0.2) is 23.9 Å². The first-order chi connectivity index (χ1) is 9.71. The summed E-state index contributed by atoms with van der Waals surface area (Å²) in [6, 6.07) is 1.61. The molecule has 2 rings (SSSR count). The van der Waals surface area contributed by atoms with Gasteiger partial charge in [0.25, 0.3) is 0 Å². The maximum absolute atomic E-state index is 13.4. The minimum atomic E-state index is -4.78. The molecule has 1 aromatic carbocycles. The lowest BCUT2D eigenvalue weighted by atomic mass is 9.95. The molecule has 2 unspecified atom stereocenters. The summed E-state index contributed by atoms with van der Waals surface area (Å²) in [5.41, 5.74) is 4.86. The summed E-state index contributed by atoms with van der Waals surface area (Å²) < 4.78 is 51.7. The fourth-order valence-corrected chi connectivity index (χ4v) is 2.68. The Morgan fingerprint density at radius 2 is 2.00 bits per heavy atom. The molecule has 116 valence electrons. The van der Waals surface area contributed by atoms with Crippen molar-refractivity contribution in [1.82, 2.24) is 4.90 Å². The number of halogens is 4. The van der Waals surface area contributed by atoms with Crippen molar-refractivity contribution in [1.29, 1.82) is 0 Å². The number of alkyl halides is 3. The van der Waals surface area contributed by atoms with E-state index in [4.69, 9.17) is 5.73 Å². The van der Waals surface area contributed by atoms with E-state index in [0.29, 0.717) is 19.3 Å². The Balaban J connectivity index is 2.46. The van der Waals surface area contributed by atoms with Crippen molar-refractivity contribution in [3.05, 3.63) is 35.1 Å². The molecule has 0 aromatic heterocycles. The Hall–Kier alpha value is -1.63. The van der Waals surface area contributed by atoms with E-state index in [1.54, 1.807) is 0 Å². The van der Waals surface area contributed by atoms with E-state index in [1.165, 1.54) is 18.0 Å². The minimum Gasteiger partial charge on any atom is -0.337 e. The van der Waals surface area contributed by atoms with Gasteiger partial charge >= 0.3 is 6.18 Å². The van der Waals surface area contributed by atoms with Crippen molar-refractivity contribution in [3.63, 3.8) is 0 Å². The highest BCUT2D eigenvalue weighted by Crippen LogP contribution is 2.35. The fraction of sp³-hybridized carbons (Fsp3) is 0.500. The molecule has 0 saturated carbocycles. The number of carbonyl (C=O) groups excluding carboxylic acids is 1. The molecule has 0 spiro atoms. The average molecular weight is 304 g/mol. The predicted octanol–water partition coefficient (Wildman–Crippen LogP) is 2.86. The molecule has 1 fully saturated rings. The molecule has 1 saturated heterocycles. The molecular weight excluding hydrogens is 288 g/mol. The Bertz CT molecular complexity index is 544. The second kappa shape index (κ2) is 5.63. The molecule has 0 radical (unpaired) electrons. The van der Waals surface area contributed by atoms with Crippen molar-refractivity contribution in [3.8, 4) is 0 Å². The standard InChI is InChI=1S/C14H16F4N2O/c1-20-12(21)4-2-3-11(19)13(20)8-5-6-10(15)9(7-8)14(16,17)18/h5-7,11,13H,2-4,19H2,1H3. The van der Waals surface area contributed by atoms with Crippen LogP contribution in [-0.2, 0) is 11.0 Å². The van der Waals surface area contributed by atoms with Crippen molar-refractivity contribution >= 4 is 5.91 Å². The highest BCUT2D eigenvalue weighted by atomic mass is 19.4. The van der Waals surface area contributed by atoms with E-state index in [9.17, 15) is 22.4 Å². The molecule has 7 heteroatoms. The van der Waals surface area contributed by atoms with Crippen LogP contribution in [0, 0.1) is 5.82 Å². The van der Waals surface area contributed by atoms with E-state index in [-0.39, 0.29) is 11.5 Å². The molecule has 1 aromatic rings. The first-order valence-corrected chi connectivity index (χ1v) is 6.59. The van der Waals surface area contributed by atoms with Gasteiger partial charge < -0.3 is 10.6 Å². The van der Waals surface area contributed by atoms with Crippen LogP contribution in [0.2, 0.25) is 0 Å². The minimum absolute atomic E-state index is 0.175. The predicted molar refractivity (Wildman–Crippen MR) is 68.7 cm³/mol. The van der Waals surface area contributed by atoms with Gasteiger partial charge in [-0.3, -0.25) is 4.79 Å². The number of carbonyl (C=O) groups is 1. The van der Waals surface area contributed by atoms with Gasteiger partial charge in [-0.15, -0.1) is 0 Å². The van der Waals surface area contributed by atoms with Crippen molar-refractivity contribution in [2.45, 2.75) is 37.5 Å². The highest BCUT2D eigenvalue weighted by molar-refractivity contribution is 5.76. The number of nitrogens with two attached hydrogens (primary N) is 1. The maximum atomic E-state index is 13.4. The molecule has 1 amide bonds. The van der Waals surface area contributed by atoms with Gasteiger partial charge in [0.05, 0.1) is 11.6 Å². The molecular formula is C14H16F4N2O. The van der Waals surface area contributed by atoms with Crippen molar-refractivity contribution in [2.24, 2.45) is 5.73 Å². The SMILES string of the molecule is CN1C(=O)CCCC(N)C1c1ccc(F)c(C(F)(F)F)c1. The molecule has 3 nitrogen and oxygen atoms in total. The van der Waals surface area contributed by atoms with Gasteiger partial charge in [0.1, 0.15) is 5.82 Å². The van der Waals surface area contributed by atoms with Crippen LogP contribution < -0.4 is 5.73 Å². The summed E-state index contributed by atoms with van der Waals surface area (Å²) in [6.07, 6.45) is -3.35. The van der Waals surface area contributed by atoms with Crippen LogP contribution in [0.4, 0.5) is 17.6 Å². The average Bonchev–Trinajstić information content (AvgIpc) is 2.50. The zero-order valence-corrected chi connectivity index (χ0v) is 11.5. The summed E-state index contributed by atoms with van der Waals surface area (Å²) >= 11 is 0. The number of likely N-dealkylation sites (N-methyl/N-ethyl adjacent to an activating group) is 1. The largest absolute Gasteiger partial charge is 0.419 e. The molecule has 1 aliphatic rings. The normalized spacial score (nSPS) is 24.1. The topological polar surface area (TPSA) is 46.3 Å². The van der Waals surface area contributed by atoms with Crippen LogP contribution in [0.1, 0.15) is 36.4 Å². The first kappa shape index (κ1) is 15.8. The zero-order valence-electron chi connectivity index (χ0n) is 11.5. The molecule has 2 N–H and O–H groups in total. The summed E-state index contributed by atoms with van der Waals surface area (Å²) in [5.74, 6) is -1.51. The van der Waals surface area contributed by atoms with Gasteiger partial charge in [0.2, 0.25) is 5.91 Å². The third-order valence-electron chi connectivity index (χ3n) is 3.78. The highest BCUT2D eigenvalue weighted by Gasteiger charge is 2.36. The lowest BCUT2D eigenvalue weighted by molar-refractivity contribution is -0.140. The number of benzene rings is 1.